The van der Waals surface area contributed by atoms with E-state index in [9.17, 15) is 16.8 Å². The fourth-order valence-electron chi connectivity index (χ4n) is 0.0702. The molecule has 0 saturated carbocycles. The number of hydrogen-bond acceptors (Lipinski definition) is 6. The van der Waals surface area contributed by atoms with E-state index in [0.717, 1.165) is 0 Å². The van der Waals surface area contributed by atoms with Crippen LogP contribution in [0.5, 0.6) is 0 Å². The molecule has 0 aliphatic carbocycles. The molecule has 0 bridgehead atoms. The predicted octanol–water partition coefficient (Wildman–Crippen LogP) is -2.11. The summed E-state index contributed by atoms with van der Waals surface area (Å²) in [7, 11) is -10.0. The summed E-state index contributed by atoms with van der Waals surface area (Å²) in [5, 5.41) is 0. The van der Waals surface area contributed by atoms with Gasteiger partial charge in [0, 0.05) is 17.1 Å². The van der Waals surface area contributed by atoms with Crippen LogP contribution in [-0.4, -0.2) is 77.3 Å². The molecule has 12 heteroatoms. The minimum absolute atomic E-state index is 0. The first kappa shape index (κ1) is 19.5. The van der Waals surface area contributed by atoms with E-state index in [-0.39, 0.29) is 68.5 Å². The van der Waals surface area contributed by atoms with Crippen molar-refractivity contribution >= 4 is 72.2 Å². The summed E-state index contributed by atoms with van der Waals surface area (Å²) in [6, 6.07) is 0. The Labute approximate surface area is 122 Å². The molecule has 0 atom stereocenters. The Morgan fingerprint density at radius 3 is 1.08 bits per heavy atom. The standard InChI is InChI=1S/Fe.K.H2O8S2.H/c;;1-9(2,3)7-8-10(4,5)6;/h;;(H,1,2,3)(H,4,5,6);. The molecule has 0 aliphatic rings. The first-order chi connectivity index (χ1) is 4.21. The van der Waals surface area contributed by atoms with Crippen molar-refractivity contribution in [1.29, 1.82) is 0 Å². The van der Waals surface area contributed by atoms with Gasteiger partial charge >= 0.3 is 72.2 Å². The van der Waals surface area contributed by atoms with Crippen molar-refractivity contribution in [1.82, 2.24) is 0 Å². The quantitative estimate of drug-likeness (QED) is 0.261. The van der Waals surface area contributed by atoms with Crippen LogP contribution in [0.4, 0.5) is 0 Å². The number of rotatable bonds is 3. The summed E-state index contributed by atoms with van der Waals surface area (Å²) in [4.78, 5) is 0. The van der Waals surface area contributed by atoms with Gasteiger partial charge < -0.3 is 0 Å². The van der Waals surface area contributed by atoms with E-state index < -0.39 is 20.8 Å². The van der Waals surface area contributed by atoms with Gasteiger partial charge in [-0.05, 0) is 0 Å². The van der Waals surface area contributed by atoms with Crippen LogP contribution in [0.2, 0.25) is 0 Å². The summed E-state index contributed by atoms with van der Waals surface area (Å²) in [6.07, 6.45) is 0. The second kappa shape index (κ2) is 7.22. The molecule has 8 nitrogen and oxygen atoms in total. The van der Waals surface area contributed by atoms with E-state index in [2.05, 4.69) is 8.67 Å². The molecule has 0 aliphatic heterocycles. The number of hydrogen-bond donors (Lipinski definition) is 2. The third kappa shape index (κ3) is 17.8. The van der Waals surface area contributed by atoms with Crippen LogP contribution < -0.4 is 0 Å². The molecule has 12 heavy (non-hydrogen) atoms. The normalized spacial score (nSPS) is 11.2. The first-order valence-electron chi connectivity index (χ1n) is 1.53. The molecular weight excluding hydrogens is 287 g/mol. The average molecular weight is 290 g/mol. The maximum atomic E-state index is 9.51. The summed E-state index contributed by atoms with van der Waals surface area (Å²) in [5.41, 5.74) is 0. The molecule has 0 aromatic carbocycles. The van der Waals surface area contributed by atoms with E-state index in [4.69, 9.17) is 9.11 Å². The third-order valence-corrected chi connectivity index (χ3v) is 0.766. The van der Waals surface area contributed by atoms with E-state index >= 15 is 0 Å². The van der Waals surface area contributed by atoms with Crippen molar-refractivity contribution in [2.45, 2.75) is 0 Å². The Morgan fingerprint density at radius 2 is 1.00 bits per heavy atom. The van der Waals surface area contributed by atoms with Crippen molar-refractivity contribution in [3.63, 3.8) is 0 Å². The monoisotopic (exact) mass is 290 g/mol. The van der Waals surface area contributed by atoms with Gasteiger partial charge in [-0.2, -0.15) is 16.8 Å². The Bertz CT molecular complexity index is 253. The van der Waals surface area contributed by atoms with Gasteiger partial charge in [0.2, 0.25) is 0 Å². The summed E-state index contributed by atoms with van der Waals surface area (Å²) >= 11 is 0. The molecule has 0 saturated heterocycles. The zero-order valence-electron chi connectivity index (χ0n) is 4.51. The van der Waals surface area contributed by atoms with E-state index in [1.165, 1.54) is 0 Å². The maximum absolute atomic E-state index is 9.51. The topological polar surface area (TPSA) is 127 Å². The second-order valence-corrected chi connectivity index (χ2v) is 2.97. The Hall–Kier alpha value is 1.90. The summed E-state index contributed by atoms with van der Waals surface area (Å²) < 4.78 is 58.9. The molecule has 72 valence electrons. The SMILES string of the molecule is O=S(=O)(O)OOS(=O)(=O)O.[Fe].[KH]. The van der Waals surface area contributed by atoms with Gasteiger partial charge in [-0.25, -0.2) is 0 Å². The molecule has 0 rings (SSSR count). The van der Waals surface area contributed by atoms with Crippen LogP contribution in [0.1, 0.15) is 0 Å². The van der Waals surface area contributed by atoms with Crippen LogP contribution in [0.25, 0.3) is 0 Å². The van der Waals surface area contributed by atoms with E-state index in [1.807, 2.05) is 0 Å². The zero-order chi connectivity index (χ0) is 8.41. The molecule has 2 N–H and O–H groups in total. The predicted molar refractivity (Wildman–Crippen MR) is 32.4 cm³/mol. The van der Waals surface area contributed by atoms with E-state index in [1.54, 1.807) is 0 Å². The van der Waals surface area contributed by atoms with Gasteiger partial charge in [0.05, 0.1) is 0 Å². The zero-order valence-corrected chi connectivity index (χ0v) is 7.25. The summed E-state index contributed by atoms with van der Waals surface area (Å²) in [6.45, 7) is 0. The van der Waals surface area contributed by atoms with Gasteiger partial charge in [-0.1, -0.05) is 8.67 Å². The van der Waals surface area contributed by atoms with Crippen molar-refractivity contribution in [3.8, 4) is 0 Å². The molecule has 0 aromatic heterocycles. The molecule has 0 heterocycles. The second-order valence-electron chi connectivity index (χ2n) is 0.992. The van der Waals surface area contributed by atoms with Crippen LogP contribution in [0, 0.1) is 0 Å². The van der Waals surface area contributed by atoms with Gasteiger partial charge in [0.1, 0.15) is 0 Å². The van der Waals surface area contributed by atoms with E-state index in [0.29, 0.717) is 0 Å². The molecule has 0 spiro atoms. The fraction of sp³-hybridized carbons (Fsp3) is 0. The Morgan fingerprint density at radius 1 is 0.833 bits per heavy atom. The van der Waals surface area contributed by atoms with Crippen LogP contribution in [-0.2, 0) is 46.5 Å². The molecule has 0 fully saturated rings. The molecular formula is H3FeKO8S2. The van der Waals surface area contributed by atoms with Gasteiger partial charge in [0.15, 0.2) is 0 Å². The third-order valence-electron chi connectivity index (χ3n) is 0.200. The van der Waals surface area contributed by atoms with Gasteiger partial charge in [-0.3, -0.25) is 9.11 Å². The van der Waals surface area contributed by atoms with Gasteiger partial charge in [0.25, 0.3) is 0 Å². The van der Waals surface area contributed by atoms with Crippen molar-refractivity contribution < 1.29 is 51.7 Å². The molecule has 0 aromatic rings. The van der Waals surface area contributed by atoms with Crippen LogP contribution in [0.15, 0.2) is 0 Å². The van der Waals surface area contributed by atoms with Crippen molar-refractivity contribution in [2.75, 3.05) is 0 Å². The van der Waals surface area contributed by atoms with Crippen molar-refractivity contribution in [3.05, 3.63) is 0 Å². The Balaban J connectivity index is -0.000000405. The minimum atomic E-state index is -5.02. The molecule has 0 unspecified atom stereocenters. The molecule has 0 amide bonds. The van der Waals surface area contributed by atoms with Crippen LogP contribution >= 0.6 is 0 Å². The molecule has 0 radical (unpaired) electrons. The van der Waals surface area contributed by atoms with Gasteiger partial charge in [-0.15, -0.1) is 0 Å². The first-order valence-corrected chi connectivity index (χ1v) is 4.26. The fourth-order valence-corrected chi connectivity index (χ4v) is 0.632. The average Bonchev–Trinajstić information content (AvgIpc) is 1.57. The Kier molecular flexibility index (Phi) is 11.7. The van der Waals surface area contributed by atoms with Crippen molar-refractivity contribution in [2.24, 2.45) is 0 Å². The van der Waals surface area contributed by atoms with Crippen LogP contribution in [0.3, 0.4) is 0 Å². The summed E-state index contributed by atoms with van der Waals surface area (Å²) in [5.74, 6) is 0.